The molecule has 1 amide bonds. The number of rotatable bonds is 7. The van der Waals surface area contributed by atoms with E-state index in [2.05, 4.69) is 15.5 Å². The minimum absolute atomic E-state index is 0.0283. The molecule has 0 aliphatic rings. The highest BCUT2D eigenvalue weighted by Gasteiger charge is 2.19. The second-order valence-corrected chi connectivity index (χ2v) is 10.1. The average molecular weight is 496 g/mol. The normalized spacial score (nSPS) is 11.3. The lowest BCUT2D eigenvalue weighted by molar-refractivity contribution is -0.113. The minimum atomic E-state index is -0.208. The van der Waals surface area contributed by atoms with Crippen molar-refractivity contribution in [2.45, 2.75) is 18.6 Å². The molecule has 166 valence electrons. The van der Waals surface area contributed by atoms with Crippen molar-refractivity contribution in [1.29, 1.82) is 0 Å². The van der Waals surface area contributed by atoms with Gasteiger partial charge in [-0.25, -0.2) is 0 Å². The van der Waals surface area contributed by atoms with Gasteiger partial charge in [-0.15, -0.1) is 32.9 Å². The van der Waals surface area contributed by atoms with E-state index in [1.54, 1.807) is 40.2 Å². The van der Waals surface area contributed by atoms with Crippen molar-refractivity contribution in [3.05, 3.63) is 74.0 Å². The number of carbonyl (C=O) groups excluding carboxylic acids is 2. The third kappa shape index (κ3) is 4.22. The fourth-order valence-corrected chi connectivity index (χ4v) is 5.67. The van der Waals surface area contributed by atoms with Gasteiger partial charge in [-0.1, -0.05) is 17.8 Å². The van der Waals surface area contributed by atoms with E-state index in [1.165, 1.54) is 30.0 Å². The highest BCUT2D eigenvalue weighted by atomic mass is 32.2. The molecule has 0 radical (unpaired) electrons. The number of carbonyl (C=O) groups is 2. The lowest BCUT2D eigenvalue weighted by Crippen LogP contribution is -2.22. The van der Waals surface area contributed by atoms with Crippen LogP contribution < -0.4 is 10.9 Å². The number of benzene rings is 1. The number of aromatic nitrogens is 4. The van der Waals surface area contributed by atoms with Crippen LogP contribution in [0.2, 0.25) is 0 Å². The molecule has 11 heteroatoms. The Balaban J connectivity index is 1.41. The fraction of sp³-hybridized carbons (Fsp3) is 0.136. The molecule has 0 bridgehead atoms. The molecule has 0 aliphatic carbocycles. The molecular weight excluding hydrogens is 478 g/mol. The van der Waals surface area contributed by atoms with E-state index in [1.807, 2.05) is 33.4 Å². The summed E-state index contributed by atoms with van der Waals surface area (Å²) in [5.74, 6) is 0.326. The quantitative estimate of drug-likeness (QED) is 0.269. The molecule has 1 aromatic carbocycles. The molecule has 8 nitrogen and oxygen atoms in total. The Hall–Kier alpha value is -3.28. The summed E-state index contributed by atoms with van der Waals surface area (Å²) in [5.41, 5.74) is 1.83. The van der Waals surface area contributed by atoms with Crippen molar-refractivity contribution < 1.29 is 9.59 Å². The third-order valence-electron chi connectivity index (χ3n) is 4.98. The first-order valence-electron chi connectivity index (χ1n) is 9.92. The van der Waals surface area contributed by atoms with Gasteiger partial charge in [0.1, 0.15) is 4.70 Å². The average Bonchev–Trinajstić information content (AvgIpc) is 3.56. The van der Waals surface area contributed by atoms with Crippen LogP contribution in [-0.2, 0) is 11.3 Å². The molecule has 0 aliphatic heterocycles. The number of amides is 1. The number of nitrogens with zero attached hydrogens (tertiary/aromatic N) is 4. The summed E-state index contributed by atoms with van der Waals surface area (Å²) < 4.78 is 4.08. The lowest BCUT2D eigenvalue weighted by Gasteiger charge is -2.08. The Kier molecular flexibility index (Phi) is 5.83. The van der Waals surface area contributed by atoms with Gasteiger partial charge < -0.3 is 5.32 Å². The van der Waals surface area contributed by atoms with Gasteiger partial charge in [0.05, 0.1) is 17.8 Å². The smallest absolute Gasteiger partial charge is 0.273 e. The van der Waals surface area contributed by atoms with Crippen LogP contribution in [0.15, 0.2) is 63.2 Å². The van der Waals surface area contributed by atoms with E-state index < -0.39 is 0 Å². The van der Waals surface area contributed by atoms with Gasteiger partial charge in [-0.3, -0.25) is 23.4 Å². The highest BCUT2D eigenvalue weighted by Crippen LogP contribution is 2.25. The van der Waals surface area contributed by atoms with Crippen LogP contribution in [0.5, 0.6) is 0 Å². The summed E-state index contributed by atoms with van der Waals surface area (Å²) in [4.78, 5) is 38.0. The van der Waals surface area contributed by atoms with Crippen molar-refractivity contribution in [3.8, 4) is 0 Å². The first kappa shape index (κ1) is 21.6. The summed E-state index contributed by atoms with van der Waals surface area (Å²) >= 11 is 4.20. The molecule has 5 aromatic rings. The second-order valence-electron chi connectivity index (χ2n) is 7.19. The zero-order valence-electron chi connectivity index (χ0n) is 17.3. The van der Waals surface area contributed by atoms with E-state index in [9.17, 15) is 14.4 Å². The van der Waals surface area contributed by atoms with Crippen molar-refractivity contribution in [2.24, 2.45) is 0 Å². The largest absolute Gasteiger partial charge is 0.325 e. The third-order valence-corrected chi connectivity index (χ3v) is 7.67. The number of hydrogen-bond donors (Lipinski definition) is 1. The van der Waals surface area contributed by atoms with E-state index in [-0.39, 0.29) is 23.0 Å². The summed E-state index contributed by atoms with van der Waals surface area (Å²) in [6.45, 7) is 1.91. The summed E-state index contributed by atoms with van der Waals surface area (Å²) in [5, 5.41) is 15.7. The molecule has 0 atom stereocenters. The number of fused-ring (bicyclic) bond motifs is 3. The van der Waals surface area contributed by atoms with Crippen LogP contribution in [0.1, 0.15) is 22.2 Å². The molecule has 0 unspecified atom stereocenters. The van der Waals surface area contributed by atoms with E-state index in [0.717, 1.165) is 10.4 Å². The molecular formula is C22H17N5O3S3. The summed E-state index contributed by atoms with van der Waals surface area (Å²) in [6, 6.07) is 12.5. The standard InChI is InChI=1S/C22H17N5O3S3/c1-13(28)14-4-6-15(7-5-14)23-18(29)12-33-22-25-24-21-26(11-16-3-2-9-31-16)20(30)19-17(27(21)22)8-10-32-19/h2-10H,11-12H2,1H3,(H,23,29). The highest BCUT2D eigenvalue weighted by molar-refractivity contribution is 7.99. The van der Waals surface area contributed by atoms with E-state index in [0.29, 0.717) is 33.4 Å². The van der Waals surface area contributed by atoms with Crippen molar-refractivity contribution in [1.82, 2.24) is 19.2 Å². The Labute approximate surface area is 199 Å². The van der Waals surface area contributed by atoms with E-state index in [4.69, 9.17) is 0 Å². The molecule has 0 spiro atoms. The van der Waals surface area contributed by atoms with Gasteiger partial charge >= 0.3 is 0 Å². The van der Waals surface area contributed by atoms with Crippen LogP contribution >= 0.6 is 34.4 Å². The number of nitrogens with one attached hydrogen (secondary N) is 1. The van der Waals surface area contributed by atoms with Gasteiger partial charge in [-0.2, -0.15) is 0 Å². The zero-order valence-corrected chi connectivity index (χ0v) is 19.8. The predicted molar refractivity (Wildman–Crippen MR) is 132 cm³/mol. The van der Waals surface area contributed by atoms with Crippen LogP contribution in [0.25, 0.3) is 16.0 Å². The maximum atomic E-state index is 13.1. The van der Waals surface area contributed by atoms with Gasteiger partial charge in [0.15, 0.2) is 10.9 Å². The topological polar surface area (TPSA) is 98.4 Å². The molecule has 1 N–H and O–H groups in total. The van der Waals surface area contributed by atoms with Crippen molar-refractivity contribution in [2.75, 3.05) is 11.1 Å². The number of thioether (sulfide) groups is 1. The summed E-state index contributed by atoms with van der Waals surface area (Å²) in [7, 11) is 0. The van der Waals surface area contributed by atoms with Crippen molar-refractivity contribution in [3.63, 3.8) is 0 Å². The first-order valence-corrected chi connectivity index (χ1v) is 12.7. The number of Topliss-reactive ketones (excluding diaryl/α,β-unsaturated/α-hetero) is 1. The Morgan fingerprint density at radius 3 is 2.61 bits per heavy atom. The molecule has 0 saturated heterocycles. The van der Waals surface area contributed by atoms with Gasteiger partial charge in [0.2, 0.25) is 11.7 Å². The number of thiophene rings is 2. The van der Waals surface area contributed by atoms with Crippen LogP contribution in [0, 0.1) is 0 Å². The Morgan fingerprint density at radius 2 is 1.88 bits per heavy atom. The number of hydrogen-bond acceptors (Lipinski definition) is 8. The van der Waals surface area contributed by atoms with E-state index >= 15 is 0 Å². The number of anilines is 1. The zero-order chi connectivity index (χ0) is 22.9. The lowest BCUT2D eigenvalue weighted by atomic mass is 10.1. The van der Waals surface area contributed by atoms with Gasteiger partial charge in [0, 0.05) is 16.1 Å². The van der Waals surface area contributed by atoms with Crippen LogP contribution in [0.3, 0.4) is 0 Å². The van der Waals surface area contributed by atoms with Crippen LogP contribution in [-0.4, -0.2) is 36.6 Å². The predicted octanol–water partition coefficient (Wildman–Crippen LogP) is 4.15. The first-order chi connectivity index (χ1) is 16.0. The molecule has 4 aromatic heterocycles. The monoisotopic (exact) mass is 495 g/mol. The minimum Gasteiger partial charge on any atom is -0.325 e. The maximum Gasteiger partial charge on any atom is 0.273 e. The number of ketones is 1. The van der Waals surface area contributed by atoms with Crippen LogP contribution in [0.4, 0.5) is 5.69 Å². The molecule has 4 heterocycles. The molecule has 0 saturated carbocycles. The molecule has 5 rings (SSSR count). The Morgan fingerprint density at radius 1 is 1.06 bits per heavy atom. The van der Waals surface area contributed by atoms with Gasteiger partial charge in [0.25, 0.3) is 5.56 Å². The summed E-state index contributed by atoms with van der Waals surface area (Å²) in [6.07, 6.45) is 0. The second kappa shape index (κ2) is 8.93. The molecule has 0 fully saturated rings. The SMILES string of the molecule is CC(=O)c1ccc(NC(=O)CSc2nnc3n(Cc4cccs4)c(=O)c4sccc4n23)cc1. The Bertz CT molecular complexity index is 1530. The van der Waals surface area contributed by atoms with Crippen molar-refractivity contribution >= 4 is 67.8 Å². The fourth-order valence-electron chi connectivity index (χ4n) is 3.41. The molecule has 33 heavy (non-hydrogen) atoms. The van der Waals surface area contributed by atoms with Gasteiger partial charge in [-0.05, 0) is 54.1 Å². The maximum absolute atomic E-state index is 13.1.